The van der Waals surface area contributed by atoms with Gasteiger partial charge in [-0.15, -0.1) is 0 Å². The van der Waals surface area contributed by atoms with Crippen LogP contribution in [0.2, 0.25) is 0 Å². The van der Waals surface area contributed by atoms with Gasteiger partial charge in [0.1, 0.15) is 6.17 Å². The molecule has 0 aliphatic carbocycles. The molecule has 0 radical (unpaired) electrons. The zero-order chi connectivity index (χ0) is 17.2. The van der Waals surface area contributed by atoms with Crippen molar-refractivity contribution in [3.05, 3.63) is 0 Å². The summed E-state index contributed by atoms with van der Waals surface area (Å²) in [4.78, 5) is 3.93. The average molecular weight is 327 g/mol. The second-order valence-corrected chi connectivity index (χ2v) is 6.86. The van der Waals surface area contributed by atoms with Crippen LogP contribution in [0.3, 0.4) is 0 Å². The van der Waals surface area contributed by atoms with E-state index >= 15 is 0 Å². The van der Waals surface area contributed by atoms with Gasteiger partial charge in [-0.05, 0) is 12.8 Å². The second kappa shape index (κ2) is 17.6. The quantitative estimate of drug-likeness (QED) is 0.203. The van der Waals surface area contributed by atoms with Crippen LogP contribution in [-0.2, 0) is 0 Å². The number of nitrogens with two attached hydrogens (primary N) is 3. The number of aliphatic imine (C=N–C) groups is 1. The Kier molecular flexibility index (Phi) is 17.0. The molecular formula is C19H42N4. The van der Waals surface area contributed by atoms with Crippen molar-refractivity contribution >= 4 is 5.96 Å². The topological polar surface area (TPSA) is 90.4 Å². The molecule has 1 unspecified atom stereocenters. The maximum atomic E-state index is 5.78. The highest BCUT2D eigenvalue weighted by atomic mass is 15.1. The van der Waals surface area contributed by atoms with Crippen LogP contribution in [0.15, 0.2) is 4.99 Å². The van der Waals surface area contributed by atoms with E-state index in [1.165, 1.54) is 89.9 Å². The minimum Gasteiger partial charge on any atom is -0.370 e. The molecule has 4 nitrogen and oxygen atoms in total. The zero-order valence-corrected chi connectivity index (χ0v) is 15.6. The fraction of sp³-hybridized carbons (Fsp3) is 0.947. The van der Waals surface area contributed by atoms with Gasteiger partial charge in [-0.1, -0.05) is 96.8 Å². The van der Waals surface area contributed by atoms with Crippen LogP contribution in [0.4, 0.5) is 0 Å². The van der Waals surface area contributed by atoms with Crippen LogP contribution in [-0.4, -0.2) is 12.1 Å². The van der Waals surface area contributed by atoms with E-state index in [-0.39, 0.29) is 12.1 Å². The molecule has 0 aromatic heterocycles. The molecule has 0 aromatic rings. The van der Waals surface area contributed by atoms with E-state index in [9.17, 15) is 0 Å². The fourth-order valence-electron chi connectivity index (χ4n) is 2.98. The summed E-state index contributed by atoms with van der Waals surface area (Å²) in [6, 6.07) is 0. The highest BCUT2D eigenvalue weighted by Crippen LogP contribution is 2.13. The summed E-state index contributed by atoms with van der Waals surface area (Å²) < 4.78 is 0. The largest absolute Gasteiger partial charge is 0.370 e. The summed E-state index contributed by atoms with van der Waals surface area (Å²) in [5.74, 6) is 0.0958. The Morgan fingerprint density at radius 2 is 1.00 bits per heavy atom. The lowest BCUT2D eigenvalue weighted by Gasteiger charge is -2.06. The van der Waals surface area contributed by atoms with E-state index in [4.69, 9.17) is 17.2 Å². The normalized spacial score (nSPS) is 12.3. The monoisotopic (exact) mass is 326 g/mol. The Bertz CT molecular complexity index is 262. The molecule has 0 spiro atoms. The van der Waals surface area contributed by atoms with Crippen LogP contribution in [0.5, 0.6) is 0 Å². The lowest BCUT2D eigenvalue weighted by molar-refractivity contribution is 0.518. The molecule has 0 heterocycles. The van der Waals surface area contributed by atoms with Crippen molar-refractivity contribution in [3.8, 4) is 0 Å². The molecule has 0 saturated carbocycles. The van der Waals surface area contributed by atoms with Crippen molar-refractivity contribution in [1.82, 2.24) is 0 Å². The van der Waals surface area contributed by atoms with E-state index in [1.54, 1.807) is 0 Å². The first-order chi connectivity index (χ1) is 11.2. The molecule has 1 atom stereocenters. The molecule has 0 aliphatic heterocycles. The van der Waals surface area contributed by atoms with E-state index in [0.29, 0.717) is 0 Å². The van der Waals surface area contributed by atoms with Gasteiger partial charge in [0.15, 0.2) is 5.96 Å². The molecular weight excluding hydrogens is 284 g/mol. The minimum absolute atomic E-state index is 0.0958. The molecule has 4 heteroatoms. The number of nitrogens with zero attached hydrogens (tertiary/aromatic N) is 1. The Labute approximate surface area is 144 Å². The summed E-state index contributed by atoms with van der Waals surface area (Å²) in [7, 11) is 0. The van der Waals surface area contributed by atoms with Crippen molar-refractivity contribution in [2.24, 2.45) is 22.2 Å². The van der Waals surface area contributed by atoms with Crippen molar-refractivity contribution in [3.63, 3.8) is 0 Å². The summed E-state index contributed by atoms with van der Waals surface area (Å²) in [5.41, 5.74) is 16.4. The van der Waals surface area contributed by atoms with Crippen molar-refractivity contribution in [1.29, 1.82) is 0 Å². The molecule has 138 valence electrons. The van der Waals surface area contributed by atoms with Gasteiger partial charge < -0.3 is 17.2 Å². The number of guanidine groups is 1. The summed E-state index contributed by atoms with van der Waals surface area (Å²) in [6.45, 7) is 2.28. The first-order valence-corrected chi connectivity index (χ1v) is 10.0. The van der Waals surface area contributed by atoms with Gasteiger partial charge in [0.2, 0.25) is 0 Å². The number of hydrogen-bond acceptors (Lipinski definition) is 2. The second-order valence-electron chi connectivity index (χ2n) is 6.86. The van der Waals surface area contributed by atoms with Crippen molar-refractivity contribution in [2.45, 2.75) is 116 Å². The standard InChI is InChI=1S/C19H42N4/c1-2-3-4-5-6-7-8-9-10-11-12-13-14-15-16-17-18(20)23-19(21)22/h18H,2-17,20H2,1H3,(H4,21,22,23). The highest BCUT2D eigenvalue weighted by Gasteiger charge is 1.99. The van der Waals surface area contributed by atoms with Crippen LogP contribution in [0, 0.1) is 0 Å². The van der Waals surface area contributed by atoms with Gasteiger partial charge in [0, 0.05) is 0 Å². The molecule has 0 fully saturated rings. The predicted octanol–water partition coefficient (Wildman–Crippen LogP) is 4.81. The van der Waals surface area contributed by atoms with Crippen molar-refractivity contribution in [2.75, 3.05) is 0 Å². The van der Waals surface area contributed by atoms with Crippen LogP contribution in [0.1, 0.15) is 110 Å². The van der Waals surface area contributed by atoms with Gasteiger partial charge >= 0.3 is 0 Å². The maximum absolute atomic E-state index is 5.78. The van der Waals surface area contributed by atoms with E-state index in [0.717, 1.165) is 12.8 Å². The van der Waals surface area contributed by atoms with Gasteiger partial charge in [-0.2, -0.15) is 0 Å². The van der Waals surface area contributed by atoms with Gasteiger partial charge in [-0.25, -0.2) is 4.99 Å². The summed E-state index contributed by atoms with van der Waals surface area (Å²) in [5, 5.41) is 0. The molecule has 0 amide bonds. The maximum Gasteiger partial charge on any atom is 0.187 e. The highest BCUT2D eigenvalue weighted by molar-refractivity contribution is 5.75. The average Bonchev–Trinajstić information content (AvgIpc) is 2.50. The molecule has 0 aliphatic rings. The third-order valence-electron chi connectivity index (χ3n) is 4.42. The Morgan fingerprint density at radius 3 is 1.35 bits per heavy atom. The molecule has 6 N–H and O–H groups in total. The lowest BCUT2D eigenvalue weighted by Crippen LogP contribution is -2.28. The number of hydrogen-bond donors (Lipinski definition) is 3. The molecule has 0 rings (SSSR count). The number of unbranched alkanes of at least 4 members (excludes halogenated alkanes) is 14. The van der Waals surface area contributed by atoms with E-state index in [1.807, 2.05) is 0 Å². The van der Waals surface area contributed by atoms with Crippen LogP contribution < -0.4 is 17.2 Å². The van der Waals surface area contributed by atoms with Crippen molar-refractivity contribution < 1.29 is 0 Å². The van der Waals surface area contributed by atoms with Gasteiger partial charge in [-0.3, -0.25) is 0 Å². The van der Waals surface area contributed by atoms with Crippen LogP contribution in [0.25, 0.3) is 0 Å². The van der Waals surface area contributed by atoms with E-state index < -0.39 is 0 Å². The fourth-order valence-corrected chi connectivity index (χ4v) is 2.98. The first-order valence-electron chi connectivity index (χ1n) is 10.0. The minimum atomic E-state index is -0.220. The first kappa shape index (κ1) is 22.2. The third kappa shape index (κ3) is 19.2. The van der Waals surface area contributed by atoms with Gasteiger partial charge in [0.25, 0.3) is 0 Å². The molecule has 23 heavy (non-hydrogen) atoms. The Morgan fingerprint density at radius 1 is 0.652 bits per heavy atom. The van der Waals surface area contributed by atoms with Gasteiger partial charge in [0.05, 0.1) is 0 Å². The molecule has 0 aromatic carbocycles. The zero-order valence-electron chi connectivity index (χ0n) is 15.6. The summed E-state index contributed by atoms with van der Waals surface area (Å²) in [6.07, 6.45) is 21.3. The Balaban J connectivity index is 3.09. The number of rotatable bonds is 17. The van der Waals surface area contributed by atoms with Crippen LogP contribution >= 0.6 is 0 Å². The third-order valence-corrected chi connectivity index (χ3v) is 4.42. The smallest absolute Gasteiger partial charge is 0.187 e. The Hall–Kier alpha value is -0.770. The molecule has 0 bridgehead atoms. The molecule has 0 saturated heterocycles. The lowest BCUT2D eigenvalue weighted by atomic mass is 10.0. The predicted molar refractivity (Wildman–Crippen MR) is 103 cm³/mol. The van der Waals surface area contributed by atoms with E-state index in [2.05, 4.69) is 11.9 Å². The SMILES string of the molecule is CCCCCCCCCCCCCCCCCC(N)N=C(N)N. The summed E-state index contributed by atoms with van der Waals surface area (Å²) >= 11 is 0.